The van der Waals surface area contributed by atoms with E-state index in [4.69, 9.17) is 23.2 Å². The molecule has 0 radical (unpaired) electrons. The minimum atomic E-state index is 0.773. The van der Waals surface area contributed by atoms with E-state index in [0.29, 0.717) is 0 Å². The first-order valence-electron chi connectivity index (χ1n) is 4.73. The van der Waals surface area contributed by atoms with Crippen molar-refractivity contribution in [3.05, 3.63) is 69.7 Å². The number of hydrogen-bond donors (Lipinski definition) is 0. The molecule has 0 aliphatic heterocycles. The molecule has 76 valence electrons. The van der Waals surface area contributed by atoms with Crippen LogP contribution in [0, 0.1) is 0 Å². The molecule has 0 fully saturated rings. The molecule has 0 bridgehead atoms. The lowest BCUT2D eigenvalue weighted by atomic mass is 10.1. The molecule has 0 aromatic heterocycles. The van der Waals surface area contributed by atoms with E-state index in [2.05, 4.69) is 0 Å². The van der Waals surface area contributed by atoms with Gasteiger partial charge in [-0.2, -0.15) is 0 Å². The second-order valence-electron chi connectivity index (χ2n) is 3.43. The van der Waals surface area contributed by atoms with Crippen LogP contribution >= 0.6 is 23.2 Å². The highest BCUT2D eigenvalue weighted by Gasteiger charge is 1.96. The van der Waals surface area contributed by atoms with Gasteiger partial charge in [0.25, 0.3) is 0 Å². The zero-order valence-electron chi connectivity index (χ0n) is 8.08. The van der Waals surface area contributed by atoms with Crippen molar-refractivity contribution >= 4 is 23.2 Å². The Balaban J connectivity index is 2.15. The van der Waals surface area contributed by atoms with Crippen molar-refractivity contribution < 1.29 is 0 Å². The van der Waals surface area contributed by atoms with Crippen molar-refractivity contribution in [2.75, 3.05) is 0 Å². The van der Waals surface area contributed by atoms with Crippen LogP contribution in [-0.4, -0.2) is 0 Å². The minimum absolute atomic E-state index is 0.773. The van der Waals surface area contributed by atoms with Crippen LogP contribution in [0.15, 0.2) is 48.5 Å². The Morgan fingerprint density at radius 3 is 1.27 bits per heavy atom. The van der Waals surface area contributed by atoms with Crippen molar-refractivity contribution in [1.82, 2.24) is 0 Å². The maximum Gasteiger partial charge on any atom is 0.0406 e. The number of rotatable bonds is 2. The molecule has 0 spiro atoms. The molecule has 0 unspecified atom stereocenters. The number of benzene rings is 2. The molecule has 0 N–H and O–H groups in total. The summed E-state index contributed by atoms with van der Waals surface area (Å²) in [5, 5.41) is 1.55. The molecule has 0 aliphatic rings. The largest absolute Gasteiger partial charge is 0.0843 e. The van der Waals surface area contributed by atoms with E-state index in [0.717, 1.165) is 16.5 Å². The van der Waals surface area contributed by atoms with Gasteiger partial charge < -0.3 is 0 Å². The first kappa shape index (κ1) is 10.5. The maximum absolute atomic E-state index is 5.82. The summed E-state index contributed by atoms with van der Waals surface area (Å²) in [6.45, 7) is 0. The Morgan fingerprint density at radius 2 is 0.933 bits per heavy atom. The molecular weight excluding hydrogens is 227 g/mol. The highest BCUT2D eigenvalue weighted by Crippen LogP contribution is 2.15. The number of halogens is 2. The molecular formula is C13H10Cl2. The lowest BCUT2D eigenvalue weighted by Crippen LogP contribution is -1.86. The summed E-state index contributed by atoms with van der Waals surface area (Å²) in [4.78, 5) is 0. The van der Waals surface area contributed by atoms with Crippen LogP contribution in [0.2, 0.25) is 10.0 Å². The monoisotopic (exact) mass is 236 g/mol. The smallest absolute Gasteiger partial charge is 0.0406 e. The van der Waals surface area contributed by atoms with Crippen LogP contribution in [0.5, 0.6) is 0 Å². The highest BCUT2D eigenvalue weighted by molar-refractivity contribution is 6.30. The van der Waals surface area contributed by atoms with Crippen LogP contribution < -0.4 is 0 Å². The van der Waals surface area contributed by atoms with Crippen molar-refractivity contribution in [1.29, 1.82) is 0 Å². The molecule has 2 aromatic rings. The van der Waals surface area contributed by atoms with E-state index in [-0.39, 0.29) is 0 Å². The first-order chi connectivity index (χ1) is 7.24. The van der Waals surface area contributed by atoms with E-state index < -0.39 is 0 Å². The van der Waals surface area contributed by atoms with Crippen LogP contribution in [0.3, 0.4) is 0 Å². The predicted octanol–water partition coefficient (Wildman–Crippen LogP) is 4.58. The average molecular weight is 237 g/mol. The lowest BCUT2D eigenvalue weighted by molar-refractivity contribution is 1.19. The quantitative estimate of drug-likeness (QED) is 0.716. The molecule has 2 aromatic carbocycles. The summed E-state index contributed by atoms with van der Waals surface area (Å²) < 4.78 is 0. The van der Waals surface area contributed by atoms with Crippen molar-refractivity contribution in [2.24, 2.45) is 0 Å². The normalized spacial score (nSPS) is 10.3. The van der Waals surface area contributed by atoms with Gasteiger partial charge in [0, 0.05) is 10.0 Å². The highest BCUT2D eigenvalue weighted by atomic mass is 35.5. The zero-order chi connectivity index (χ0) is 10.7. The third kappa shape index (κ3) is 2.98. The third-order valence-electron chi connectivity index (χ3n) is 2.23. The van der Waals surface area contributed by atoms with Gasteiger partial charge in [0.1, 0.15) is 0 Å². The van der Waals surface area contributed by atoms with Crippen LogP contribution in [0.4, 0.5) is 0 Å². The zero-order valence-corrected chi connectivity index (χ0v) is 9.59. The summed E-state index contributed by atoms with van der Waals surface area (Å²) in [5.41, 5.74) is 2.50. The van der Waals surface area contributed by atoms with Gasteiger partial charge >= 0.3 is 0 Å². The Bertz CT molecular complexity index is 386. The molecule has 0 amide bonds. The molecule has 15 heavy (non-hydrogen) atoms. The molecule has 0 saturated carbocycles. The molecule has 0 heterocycles. The average Bonchev–Trinajstić information content (AvgIpc) is 2.25. The van der Waals surface area contributed by atoms with Gasteiger partial charge in [-0.05, 0) is 41.8 Å². The standard InChI is InChI=1S/C13H10Cl2/c14-12-5-1-10(2-6-12)9-11-3-7-13(15)8-4-11/h1-8H,9H2. The lowest BCUT2D eigenvalue weighted by Gasteiger charge is -2.02. The molecule has 0 atom stereocenters. The fraction of sp³-hybridized carbons (Fsp3) is 0.0769. The third-order valence-corrected chi connectivity index (χ3v) is 2.74. The van der Waals surface area contributed by atoms with Gasteiger partial charge in [0.05, 0.1) is 0 Å². The van der Waals surface area contributed by atoms with E-state index in [1.54, 1.807) is 0 Å². The summed E-state index contributed by atoms with van der Waals surface area (Å²) in [7, 11) is 0. The van der Waals surface area contributed by atoms with E-state index in [1.165, 1.54) is 11.1 Å². The fourth-order valence-corrected chi connectivity index (χ4v) is 1.69. The van der Waals surface area contributed by atoms with Crippen LogP contribution in [0.25, 0.3) is 0 Å². The van der Waals surface area contributed by atoms with Gasteiger partial charge in [0.2, 0.25) is 0 Å². The second-order valence-corrected chi connectivity index (χ2v) is 4.30. The molecule has 2 heteroatoms. The Labute approximate surface area is 99.5 Å². The Morgan fingerprint density at radius 1 is 0.600 bits per heavy atom. The van der Waals surface area contributed by atoms with Gasteiger partial charge in [-0.1, -0.05) is 47.5 Å². The fourth-order valence-electron chi connectivity index (χ4n) is 1.44. The van der Waals surface area contributed by atoms with Crippen molar-refractivity contribution in [3.8, 4) is 0 Å². The van der Waals surface area contributed by atoms with Crippen molar-refractivity contribution in [2.45, 2.75) is 6.42 Å². The molecule has 0 aliphatic carbocycles. The van der Waals surface area contributed by atoms with Gasteiger partial charge in [-0.3, -0.25) is 0 Å². The van der Waals surface area contributed by atoms with E-state index >= 15 is 0 Å². The second kappa shape index (κ2) is 4.69. The summed E-state index contributed by atoms with van der Waals surface area (Å²) >= 11 is 11.6. The topological polar surface area (TPSA) is 0 Å². The maximum atomic E-state index is 5.82. The molecule has 0 nitrogen and oxygen atoms in total. The summed E-state index contributed by atoms with van der Waals surface area (Å²) in [6.07, 6.45) is 0.911. The first-order valence-corrected chi connectivity index (χ1v) is 5.48. The Hall–Kier alpha value is -0.980. The molecule has 0 saturated heterocycles. The molecule has 2 rings (SSSR count). The van der Waals surface area contributed by atoms with Gasteiger partial charge in [-0.25, -0.2) is 0 Å². The van der Waals surface area contributed by atoms with Crippen LogP contribution in [0.1, 0.15) is 11.1 Å². The van der Waals surface area contributed by atoms with Crippen LogP contribution in [-0.2, 0) is 6.42 Å². The van der Waals surface area contributed by atoms with Gasteiger partial charge in [-0.15, -0.1) is 0 Å². The number of hydrogen-bond acceptors (Lipinski definition) is 0. The van der Waals surface area contributed by atoms with E-state index in [9.17, 15) is 0 Å². The van der Waals surface area contributed by atoms with Crippen molar-refractivity contribution in [3.63, 3.8) is 0 Å². The van der Waals surface area contributed by atoms with Gasteiger partial charge in [0.15, 0.2) is 0 Å². The predicted molar refractivity (Wildman–Crippen MR) is 65.7 cm³/mol. The minimum Gasteiger partial charge on any atom is -0.0843 e. The SMILES string of the molecule is Clc1ccc(Cc2ccc(Cl)cc2)cc1. The van der Waals surface area contributed by atoms with E-state index in [1.807, 2.05) is 48.5 Å². The Kier molecular flexibility index (Phi) is 3.30. The summed E-state index contributed by atoms with van der Waals surface area (Å²) in [5.74, 6) is 0. The summed E-state index contributed by atoms with van der Waals surface area (Å²) in [6, 6.07) is 15.8.